The van der Waals surface area contributed by atoms with Gasteiger partial charge in [-0.05, 0) is 94.6 Å². The number of benzene rings is 1. The number of pyridine rings is 2. The number of likely N-dealkylation sites (tertiary alicyclic amines) is 1. The minimum Gasteiger partial charge on any atom is -0.453 e. The maximum atomic E-state index is 12.4. The van der Waals surface area contributed by atoms with Gasteiger partial charge in [0.05, 0.1) is 19.0 Å². The van der Waals surface area contributed by atoms with Crippen LogP contribution in [0.15, 0.2) is 48.7 Å². The summed E-state index contributed by atoms with van der Waals surface area (Å²) >= 11 is 12.7. The molecule has 2 fully saturated rings. The smallest absolute Gasteiger partial charge is 0.410 e. The highest BCUT2D eigenvalue weighted by Crippen LogP contribution is 2.31. The maximum absolute atomic E-state index is 12.4. The summed E-state index contributed by atoms with van der Waals surface area (Å²) in [5.74, 6) is 2.21. The molecule has 13 heteroatoms. The van der Waals surface area contributed by atoms with Crippen LogP contribution in [0.3, 0.4) is 0 Å². The fourth-order valence-corrected chi connectivity index (χ4v) is 6.17. The Hall–Kier alpha value is -3.80. The molecule has 11 nitrogen and oxygen atoms in total. The van der Waals surface area contributed by atoms with Crippen molar-refractivity contribution < 1.29 is 23.8 Å². The van der Waals surface area contributed by atoms with Gasteiger partial charge in [0.25, 0.3) is 0 Å². The van der Waals surface area contributed by atoms with Gasteiger partial charge in [-0.15, -0.1) is 0 Å². The van der Waals surface area contributed by atoms with Crippen LogP contribution in [-0.2, 0) is 16.0 Å². The molecule has 3 aromatic rings. The zero-order chi connectivity index (χ0) is 33.6. The molecule has 0 atom stereocenters. The number of carbonyl (C=O) groups is 2. The lowest BCUT2D eigenvalue weighted by Crippen LogP contribution is -2.50. The Labute approximate surface area is 286 Å². The molecule has 0 radical (unpaired) electrons. The second-order valence-corrected chi connectivity index (χ2v) is 13.7. The molecule has 4 heterocycles. The van der Waals surface area contributed by atoms with Gasteiger partial charge in [0.2, 0.25) is 5.88 Å². The van der Waals surface area contributed by atoms with E-state index in [-0.39, 0.29) is 6.09 Å². The third-order valence-corrected chi connectivity index (χ3v) is 8.49. The van der Waals surface area contributed by atoms with E-state index < -0.39 is 11.7 Å². The summed E-state index contributed by atoms with van der Waals surface area (Å²) in [6.45, 7) is 11.2. The summed E-state index contributed by atoms with van der Waals surface area (Å²) in [6, 6.07) is 13.1. The lowest BCUT2D eigenvalue weighted by atomic mass is 9.96. The molecule has 2 aromatic heterocycles. The van der Waals surface area contributed by atoms with Crippen LogP contribution in [0.2, 0.25) is 10.0 Å². The summed E-state index contributed by atoms with van der Waals surface area (Å²) in [4.78, 5) is 39.6. The first-order valence-corrected chi connectivity index (χ1v) is 16.6. The first kappa shape index (κ1) is 34.5. The van der Waals surface area contributed by atoms with E-state index in [0.717, 1.165) is 42.9 Å². The zero-order valence-corrected chi connectivity index (χ0v) is 28.8. The van der Waals surface area contributed by atoms with E-state index in [1.54, 1.807) is 17.2 Å². The Balaban J connectivity index is 1.25. The monoisotopic (exact) mass is 684 g/mol. The van der Waals surface area contributed by atoms with Gasteiger partial charge >= 0.3 is 12.2 Å². The maximum Gasteiger partial charge on any atom is 0.410 e. The van der Waals surface area contributed by atoms with Gasteiger partial charge in [-0.2, -0.15) is 0 Å². The molecule has 0 aliphatic carbocycles. The quantitative estimate of drug-likeness (QED) is 0.272. The number of methoxy groups -OCH3 is 1. The van der Waals surface area contributed by atoms with Crippen molar-refractivity contribution in [2.75, 3.05) is 57.8 Å². The van der Waals surface area contributed by atoms with Crippen molar-refractivity contribution in [2.24, 2.45) is 5.92 Å². The van der Waals surface area contributed by atoms with Crippen LogP contribution in [0.4, 0.5) is 15.4 Å². The number of amides is 2. The molecule has 1 aromatic carbocycles. The summed E-state index contributed by atoms with van der Waals surface area (Å²) in [6.07, 6.45) is 2.95. The van der Waals surface area contributed by atoms with E-state index in [1.807, 2.05) is 57.2 Å². The number of ether oxygens (including phenoxy) is 3. The number of carbonyl (C=O) groups excluding carboxylic acids is 2. The van der Waals surface area contributed by atoms with Crippen LogP contribution in [0, 0.1) is 5.92 Å². The number of nitrogens with one attached hydrogen (secondary N) is 1. The highest BCUT2D eigenvalue weighted by atomic mass is 35.5. The van der Waals surface area contributed by atoms with Crippen LogP contribution in [0.1, 0.15) is 39.2 Å². The Kier molecular flexibility index (Phi) is 11.3. The molecule has 0 saturated carbocycles. The fourth-order valence-electron chi connectivity index (χ4n) is 5.64. The third kappa shape index (κ3) is 10.1. The van der Waals surface area contributed by atoms with Crippen LogP contribution in [0.25, 0.3) is 11.3 Å². The van der Waals surface area contributed by atoms with Crippen molar-refractivity contribution >= 4 is 41.2 Å². The Morgan fingerprint density at radius 3 is 2.28 bits per heavy atom. The summed E-state index contributed by atoms with van der Waals surface area (Å²) in [7, 11) is 1.38. The van der Waals surface area contributed by atoms with Crippen LogP contribution >= 0.6 is 23.2 Å². The topological polar surface area (TPSA) is 109 Å². The van der Waals surface area contributed by atoms with Crippen molar-refractivity contribution in [3.8, 4) is 22.9 Å². The molecule has 47 heavy (non-hydrogen) atoms. The second-order valence-electron chi connectivity index (χ2n) is 12.9. The van der Waals surface area contributed by atoms with E-state index in [9.17, 15) is 9.59 Å². The molecular weight excluding hydrogens is 643 g/mol. The van der Waals surface area contributed by atoms with E-state index in [4.69, 9.17) is 42.4 Å². The van der Waals surface area contributed by atoms with Crippen molar-refractivity contribution in [1.29, 1.82) is 0 Å². The number of piperazine rings is 1. The van der Waals surface area contributed by atoms with Crippen molar-refractivity contribution in [1.82, 2.24) is 25.1 Å². The number of aromatic nitrogens is 2. The van der Waals surface area contributed by atoms with Gasteiger partial charge in [0.1, 0.15) is 17.2 Å². The number of anilines is 1. The SMILES string of the molecule is COC(=O)NCC1CCN(Cc2cc(Oc3ccc(N4CCN(C(=O)OC(C)(C)C)CC4)nc3)nc(-c3cc(Cl)cc(Cl)c3)c2)CC1. The lowest BCUT2D eigenvalue weighted by Gasteiger charge is -2.36. The molecule has 252 valence electrons. The van der Waals surface area contributed by atoms with E-state index in [0.29, 0.717) is 72.6 Å². The van der Waals surface area contributed by atoms with E-state index >= 15 is 0 Å². The minimum atomic E-state index is -0.523. The molecule has 0 bridgehead atoms. The van der Waals surface area contributed by atoms with E-state index in [1.165, 1.54) is 7.11 Å². The molecule has 2 aliphatic rings. The highest BCUT2D eigenvalue weighted by Gasteiger charge is 2.26. The molecular formula is C34H42Cl2N6O5. The first-order chi connectivity index (χ1) is 22.4. The van der Waals surface area contributed by atoms with Gasteiger partial charge in [0.15, 0.2) is 0 Å². The standard InChI is InChI=1S/C34H42Cl2N6O5/c1-34(2,3)47-33(44)42-13-11-41(12-14-42)30-6-5-28(21-37-30)46-31-16-24(15-29(39-31)25-17-26(35)19-27(36)18-25)22-40-9-7-23(8-10-40)20-38-32(43)45-4/h5-6,15-19,21,23H,7-14,20,22H2,1-4H3,(H,38,43). The number of piperidine rings is 1. The second kappa shape index (κ2) is 15.4. The predicted molar refractivity (Wildman–Crippen MR) is 182 cm³/mol. The van der Waals surface area contributed by atoms with Crippen molar-refractivity contribution in [3.63, 3.8) is 0 Å². The number of halogens is 2. The number of alkyl carbamates (subject to hydrolysis) is 1. The molecule has 5 rings (SSSR count). The first-order valence-electron chi connectivity index (χ1n) is 15.8. The van der Waals surface area contributed by atoms with Gasteiger partial charge < -0.3 is 29.3 Å². The molecule has 1 N–H and O–H groups in total. The van der Waals surface area contributed by atoms with Gasteiger partial charge in [-0.25, -0.2) is 19.6 Å². The summed E-state index contributed by atoms with van der Waals surface area (Å²) in [5, 5.41) is 3.86. The average molecular weight is 686 g/mol. The van der Waals surface area contributed by atoms with Crippen LogP contribution < -0.4 is 15.0 Å². The zero-order valence-electron chi connectivity index (χ0n) is 27.3. The summed E-state index contributed by atoms with van der Waals surface area (Å²) < 4.78 is 16.5. The third-order valence-electron chi connectivity index (χ3n) is 8.05. The molecule has 2 saturated heterocycles. The molecule has 2 amide bonds. The van der Waals surface area contributed by atoms with E-state index in [2.05, 4.69) is 20.1 Å². The van der Waals surface area contributed by atoms with Gasteiger partial charge in [-0.1, -0.05) is 23.2 Å². The Morgan fingerprint density at radius 1 is 0.957 bits per heavy atom. The van der Waals surface area contributed by atoms with Crippen molar-refractivity contribution in [3.05, 3.63) is 64.3 Å². The lowest BCUT2D eigenvalue weighted by molar-refractivity contribution is 0.0240. The van der Waals surface area contributed by atoms with Crippen LogP contribution in [-0.4, -0.2) is 90.5 Å². The highest BCUT2D eigenvalue weighted by molar-refractivity contribution is 6.35. The average Bonchev–Trinajstić information content (AvgIpc) is 3.03. The molecule has 0 spiro atoms. The molecule has 2 aliphatic heterocycles. The Bertz CT molecular complexity index is 1510. The summed E-state index contributed by atoms with van der Waals surface area (Å²) in [5.41, 5.74) is 2.01. The number of rotatable bonds is 8. The van der Waals surface area contributed by atoms with Crippen molar-refractivity contribution in [2.45, 2.75) is 45.8 Å². The fraction of sp³-hybridized carbons (Fsp3) is 0.471. The molecule has 0 unspecified atom stereocenters. The predicted octanol–water partition coefficient (Wildman–Crippen LogP) is 6.87. The van der Waals surface area contributed by atoms with Gasteiger partial charge in [0, 0.05) is 60.9 Å². The minimum absolute atomic E-state index is 0.291. The van der Waals surface area contributed by atoms with Gasteiger partial charge in [-0.3, -0.25) is 4.90 Å². The largest absolute Gasteiger partial charge is 0.453 e. The normalized spacial score (nSPS) is 16.1. The van der Waals surface area contributed by atoms with Crippen LogP contribution in [0.5, 0.6) is 11.6 Å². The number of hydrogen-bond donors (Lipinski definition) is 1. The number of nitrogens with zero attached hydrogens (tertiary/aromatic N) is 5. The number of hydrogen-bond acceptors (Lipinski definition) is 9. The Morgan fingerprint density at radius 2 is 1.66 bits per heavy atom.